The summed E-state index contributed by atoms with van der Waals surface area (Å²) in [6.07, 6.45) is 0. The molecule has 2 N–H and O–H groups in total. The monoisotopic (exact) mass is 445 g/mol. The zero-order valence-electron chi connectivity index (χ0n) is 15.3. The molecular formula is C18H15N5O5S2. The van der Waals surface area contributed by atoms with E-state index in [1.54, 1.807) is 24.3 Å². The Morgan fingerprint density at radius 3 is 2.47 bits per heavy atom. The molecule has 0 aliphatic carbocycles. The van der Waals surface area contributed by atoms with Crippen LogP contribution in [0, 0.1) is 10.1 Å². The first-order chi connectivity index (χ1) is 14.5. The van der Waals surface area contributed by atoms with Gasteiger partial charge in [-0.05, 0) is 24.3 Å². The highest BCUT2D eigenvalue weighted by Crippen LogP contribution is 2.25. The van der Waals surface area contributed by atoms with E-state index >= 15 is 0 Å². The average molecular weight is 445 g/mol. The fraction of sp³-hybridized carbons (Fsp3) is 0.111. The number of amides is 2. The maximum atomic E-state index is 12.0. The van der Waals surface area contributed by atoms with Gasteiger partial charge in [-0.1, -0.05) is 41.3 Å². The molecule has 0 unspecified atom stereocenters. The predicted molar refractivity (Wildman–Crippen MR) is 113 cm³/mol. The lowest BCUT2D eigenvalue weighted by molar-refractivity contribution is -0.384. The minimum Gasteiger partial charge on any atom is -0.484 e. The summed E-state index contributed by atoms with van der Waals surface area (Å²) in [6.45, 7) is -0.163. The first kappa shape index (κ1) is 21.2. The molecule has 0 bridgehead atoms. The number of hydrogen-bond acceptors (Lipinski definition) is 9. The predicted octanol–water partition coefficient (Wildman–Crippen LogP) is 3.19. The first-order valence-corrected chi connectivity index (χ1v) is 10.3. The third-order valence-electron chi connectivity index (χ3n) is 3.45. The van der Waals surface area contributed by atoms with E-state index in [0.29, 0.717) is 20.9 Å². The third-order valence-corrected chi connectivity index (χ3v) is 5.43. The molecule has 0 saturated heterocycles. The highest BCUT2D eigenvalue weighted by atomic mass is 32.2. The third kappa shape index (κ3) is 6.53. The molecule has 0 saturated carbocycles. The van der Waals surface area contributed by atoms with Gasteiger partial charge in [0, 0.05) is 17.8 Å². The van der Waals surface area contributed by atoms with Gasteiger partial charge in [0.25, 0.3) is 11.6 Å². The Morgan fingerprint density at radius 2 is 1.77 bits per heavy atom. The molecule has 12 heteroatoms. The summed E-state index contributed by atoms with van der Waals surface area (Å²) in [6, 6.07) is 14.5. The molecule has 0 aliphatic heterocycles. The van der Waals surface area contributed by atoms with Gasteiger partial charge in [-0.25, -0.2) is 0 Å². The van der Waals surface area contributed by atoms with Crippen molar-refractivity contribution in [1.82, 2.24) is 10.2 Å². The second-order valence-electron chi connectivity index (χ2n) is 5.66. The van der Waals surface area contributed by atoms with Crippen LogP contribution < -0.4 is 15.4 Å². The van der Waals surface area contributed by atoms with Crippen LogP contribution in [0.4, 0.5) is 16.5 Å². The van der Waals surface area contributed by atoms with Crippen molar-refractivity contribution in [3.8, 4) is 5.75 Å². The summed E-state index contributed by atoms with van der Waals surface area (Å²) in [5.41, 5.74) is 0.398. The van der Waals surface area contributed by atoms with Crippen LogP contribution in [0.5, 0.6) is 5.75 Å². The topological polar surface area (TPSA) is 136 Å². The van der Waals surface area contributed by atoms with E-state index in [1.165, 1.54) is 24.3 Å². The number of thioether (sulfide) groups is 1. The Labute approximate surface area is 178 Å². The van der Waals surface area contributed by atoms with Crippen LogP contribution in [0.1, 0.15) is 0 Å². The molecule has 30 heavy (non-hydrogen) atoms. The molecule has 0 spiro atoms. The van der Waals surface area contributed by atoms with Crippen LogP contribution in [-0.4, -0.2) is 39.3 Å². The lowest BCUT2D eigenvalue weighted by atomic mass is 10.3. The van der Waals surface area contributed by atoms with E-state index in [1.807, 2.05) is 6.07 Å². The molecular weight excluding hydrogens is 430 g/mol. The van der Waals surface area contributed by atoms with Gasteiger partial charge >= 0.3 is 0 Å². The van der Waals surface area contributed by atoms with Crippen molar-refractivity contribution < 1.29 is 19.2 Å². The number of ether oxygens (including phenoxy) is 1. The van der Waals surface area contributed by atoms with Crippen LogP contribution in [0.3, 0.4) is 0 Å². The maximum absolute atomic E-state index is 12.0. The van der Waals surface area contributed by atoms with Crippen molar-refractivity contribution in [2.75, 3.05) is 23.0 Å². The number of rotatable bonds is 9. The van der Waals surface area contributed by atoms with Crippen molar-refractivity contribution in [2.24, 2.45) is 0 Å². The van der Waals surface area contributed by atoms with E-state index < -0.39 is 4.92 Å². The number of aromatic nitrogens is 2. The second-order valence-corrected chi connectivity index (χ2v) is 7.86. The Kier molecular flexibility index (Phi) is 7.29. The molecule has 0 aliphatic rings. The summed E-state index contributed by atoms with van der Waals surface area (Å²) in [5, 5.41) is 23.9. The zero-order chi connectivity index (χ0) is 21.3. The molecule has 3 rings (SSSR count). The largest absolute Gasteiger partial charge is 0.484 e. The van der Waals surface area contributed by atoms with Gasteiger partial charge in [-0.15, -0.1) is 10.2 Å². The van der Waals surface area contributed by atoms with Gasteiger partial charge in [0.15, 0.2) is 10.9 Å². The Hall–Kier alpha value is -3.51. The molecule has 0 atom stereocenters. The normalized spacial score (nSPS) is 10.3. The fourth-order valence-corrected chi connectivity index (χ4v) is 3.70. The number of carbonyl (C=O) groups is 2. The Morgan fingerprint density at radius 1 is 1.03 bits per heavy atom. The number of nitro groups is 1. The molecule has 0 fully saturated rings. The highest BCUT2D eigenvalue weighted by Gasteiger charge is 2.12. The number of nitrogens with zero attached hydrogens (tertiary/aromatic N) is 3. The smallest absolute Gasteiger partial charge is 0.269 e. The SMILES string of the molecule is O=C(CSc1nnc(NC(=O)COc2ccccc2)s1)Nc1ccc([N+](=O)[O-])cc1. The van der Waals surface area contributed by atoms with Gasteiger partial charge in [-0.2, -0.15) is 0 Å². The number of carbonyl (C=O) groups excluding carboxylic acids is 2. The summed E-state index contributed by atoms with van der Waals surface area (Å²) in [4.78, 5) is 34.1. The Balaban J connectivity index is 1.41. The number of anilines is 2. The van der Waals surface area contributed by atoms with Gasteiger partial charge < -0.3 is 10.1 Å². The van der Waals surface area contributed by atoms with E-state index in [-0.39, 0.29) is 29.9 Å². The van der Waals surface area contributed by atoms with E-state index in [4.69, 9.17) is 4.74 Å². The van der Waals surface area contributed by atoms with Crippen LogP contribution >= 0.6 is 23.1 Å². The van der Waals surface area contributed by atoms with Gasteiger partial charge in [-0.3, -0.25) is 25.0 Å². The fourth-order valence-electron chi connectivity index (χ4n) is 2.13. The number of hydrogen-bond donors (Lipinski definition) is 2. The van der Waals surface area contributed by atoms with Crippen molar-refractivity contribution in [3.63, 3.8) is 0 Å². The van der Waals surface area contributed by atoms with Gasteiger partial charge in [0.05, 0.1) is 10.7 Å². The molecule has 3 aromatic rings. The van der Waals surface area contributed by atoms with E-state index in [2.05, 4.69) is 20.8 Å². The molecule has 2 amide bonds. The minimum absolute atomic E-state index is 0.0556. The number of nitrogens with one attached hydrogen (secondary N) is 2. The minimum atomic E-state index is -0.513. The Bertz CT molecular complexity index is 1030. The molecule has 0 radical (unpaired) electrons. The van der Waals surface area contributed by atoms with Crippen molar-refractivity contribution in [3.05, 3.63) is 64.7 Å². The van der Waals surface area contributed by atoms with Crippen molar-refractivity contribution in [2.45, 2.75) is 4.34 Å². The lowest BCUT2D eigenvalue weighted by Crippen LogP contribution is -2.20. The molecule has 10 nitrogen and oxygen atoms in total. The second kappa shape index (κ2) is 10.3. The molecule has 1 aromatic heterocycles. The summed E-state index contributed by atoms with van der Waals surface area (Å²) < 4.78 is 5.86. The summed E-state index contributed by atoms with van der Waals surface area (Å²) in [7, 11) is 0. The van der Waals surface area contributed by atoms with Crippen LogP contribution in [0.2, 0.25) is 0 Å². The summed E-state index contributed by atoms with van der Waals surface area (Å²) >= 11 is 2.29. The van der Waals surface area contributed by atoms with Crippen LogP contribution in [-0.2, 0) is 9.59 Å². The first-order valence-electron chi connectivity index (χ1n) is 8.48. The van der Waals surface area contributed by atoms with Crippen molar-refractivity contribution in [1.29, 1.82) is 0 Å². The number of non-ortho nitro benzene ring substituents is 1. The number of para-hydroxylation sites is 1. The highest BCUT2D eigenvalue weighted by molar-refractivity contribution is 8.01. The zero-order valence-corrected chi connectivity index (χ0v) is 16.9. The van der Waals surface area contributed by atoms with E-state index in [9.17, 15) is 19.7 Å². The molecule has 2 aromatic carbocycles. The quantitative estimate of drug-likeness (QED) is 0.222. The standard InChI is InChI=1S/C18H15N5O5S2/c24-15(10-28-14-4-2-1-3-5-14)20-17-21-22-18(30-17)29-11-16(25)19-12-6-8-13(9-7-12)23(26)27/h1-9H,10-11H2,(H,19,25)(H,20,21,24). The number of benzene rings is 2. The van der Waals surface area contributed by atoms with E-state index in [0.717, 1.165) is 23.1 Å². The van der Waals surface area contributed by atoms with Gasteiger partial charge in [0.2, 0.25) is 11.0 Å². The van der Waals surface area contributed by atoms with Gasteiger partial charge in [0.1, 0.15) is 5.75 Å². The maximum Gasteiger partial charge on any atom is 0.269 e. The average Bonchev–Trinajstić information content (AvgIpc) is 3.19. The molecule has 1 heterocycles. The number of nitro benzene ring substituents is 1. The summed E-state index contributed by atoms with van der Waals surface area (Å²) in [5.74, 6) is -0.0231. The molecule has 154 valence electrons. The lowest BCUT2D eigenvalue weighted by Gasteiger charge is -2.04. The van der Waals surface area contributed by atoms with Crippen LogP contribution in [0.25, 0.3) is 0 Å². The van der Waals surface area contributed by atoms with Crippen LogP contribution in [0.15, 0.2) is 58.9 Å². The van der Waals surface area contributed by atoms with Crippen molar-refractivity contribution >= 4 is 51.4 Å².